The number of benzene rings is 1. The number of halogens is 1. The number of carboxylic acid groups (broad SMARTS) is 1. The minimum absolute atomic E-state index is 0.234. The van der Waals surface area contributed by atoms with Crippen molar-refractivity contribution >= 4 is 29.3 Å². The zero-order valence-corrected chi connectivity index (χ0v) is 12.0. The van der Waals surface area contributed by atoms with E-state index in [-0.39, 0.29) is 11.3 Å². The first kappa shape index (κ1) is 15.8. The Morgan fingerprint density at radius 2 is 2.05 bits per heavy atom. The van der Waals surface area contributed by atoms with Gasteiger partial charge in [0, 0.05) is 12.1 Å². The van der Waals surface area contributed by atoms with Gasteiger partial charge in [-0.05, 0) is 32.0 Å². The van der Waals surface area contributed by atoms with E-state index in [0.29, 0.717) is 5.02 Å². The van der Waals surface area contributed by atoms with E-state index < -0.39 is 17.5 Å². The summed E-state index contributed by atoms with van der Waals surface area (Å²) in [7, 11) is 1.36. The van der Waals surface area contributed by atoms with Gasteiger partial charge >= 0.3 is 12.0 Å². The fourth-order valence-corrected chi connectivity index (χ4v) is 1.49. The lowest BCUT2D eigenvalue weighted by Crippen LogP contribution is -2.52. The smallest absolute Gasteiger partial charge is 0.329 e. The average Bonchev–Trinajstić information content (AvgIpc) is 2.37. The molecule has 1 aromatic carbocycles. The van der Waals surface area contributed by atoms with E-state index in [9.17, 15) is 9.59 Å². The summed E-state index contributed by atoms with van der Waals surface area (Å²) in [5.74, 6) is -1.14. The number of urea groups is 1. The molecule has 20 heavy (non-hydrogen) atoms. The molecule has 0 aromatic heterocycles. The molecule has 0 fully saturated rings. The molecule has 0 atom stereocenters. The summed E-state index contributed by atoms with van der Waals surface area (Å²) >= 11 is 5.81. The Morgan fingerprint density at radius 1 is 1.45 bits per heavy atom. The Morgan fingerprint density at radius 3 is 2.55 bits per heavy atom. The zero-order valence-electron chi connectivity index (χ0n) is 11.3. The summed E-state index contributed by atoms with van der Waals surface area (Å²) in [5.41, 5.74) is -0.905. The molecule has 0 saturated heterocycles. The van der Waals surface area contributed by atoms with Crippen LogP contribution in [0.3, 0.4) is 0 Å². The Kier molecular flexibility index (Phi) is 4.58. The van der Waals surface area contributed by atoms with Gasteiger partial charge in [0.25, 0.3) is 0 Å². The van der Waals surface area contributed by atoms with Crippen LogP contribution in [0.15, 0.2) is 18.2 Å². The first-order valence-corrected chi connectivity index (χ1v) is 6.05. The molecular weight excluding hydrogens is 282 g/mol. The number of carbonyl (C=O) groups is 2. The molecule has 0 radical (unpaired) electrons. The number of nitriles is 1. The number of carboxylic acids is 1. The molecule has 2 N–H and O–H groups in total. The van der Waals surface area contributed by atoms with E-state index in [2.05, 4.69) is 5.32 Å². The van der Waals surface area contributed by atoms with Crippen molar-refractivity contribution in [2.45, 2.75) is 19.4 Å². The summed E-state index contributed by atoms with van der Waals surface area (Å²) in [6.45, 7) is 2.80. The predicted octanol–water partition coefficient (Wildman–Crippen LogP) is 2.54. The lowest BCUT2D eigenvalue weighted by Gasteiger charge is -2.31. The number of aliphatic carboxylic acids is 1. The van der Waals surface area contributed by atoms with Crippen LogP contribution >= 0.6 is 11.6 Å². The highest BCUT2D eigenvalue weighted by atomic mass is 35.5. The number of nitrogens with one attached hydrogen (secondary N) is 1. The Hall–Kier alpha value is -2.26. The van der Waals surface area contributed by atoms with Crippen LogP contribution in [0.2, 0.25) is 5.02 Å². The van der Waals surface area contributed by atoms with Crippen molar-refractivity contribution in [2.24, 2.45) is 0 Å². The van der Waals surface area contributed by atoms with Crippen LogP contribution in [0.25, 0.3) is 0 Å². The lowest BCUT2D eigenvalue weighted by molar-refractivity contribution is -0.146. The quantitative estimate of drug-likeness (QED) is 0.896. The highest BCUT2D eigenvalue weighted by molar-refractivity contribution is 6.31. The zero-order chi connectivity index (χ0) is 15.5. The SMILES string of the molecule is CN(C(=O)Nc1cc(Cl)ccc1C#N)C(C)(C)C(=O)O. The number of amides is 2. The van der Waals surface area contributed by atoms with Crippen LogP contribution in [0, 0.1) is 11.3 Å². The molecule has 7 heteroatoms. The molecule has 1 rings (SSSR count). The van der Waals surface area contributed by atoms with Crippen molar-refractivity contribution in [2.75, 3.05) is 12.4 Å². The maximum Gasteiger partial charge on any atom is 0.329 e. The maximum absolute atomic E-state index is 12.0. The summed E-state index contributed by atoms with van der Waals surface area (Å²) in [6.07, 6.45) is 0. The molecule has 0 unspecified atom stereocenters. The van der Waals surface area contributed by atoms with Gasteiger partial charge in [0.05, 0.1) is 11.3 Å². The number of anilines is 1. The summed E-state index contributed by atoms with van der Waals surface area (Å²) in [4.78, 5) is 24.2. The number of hydrogen-bond acceptors (Lipinski definition) is 3. The van der Waals surface area contributed by atoms with Crippen molar-refractivity contribution in [1.82, 2.24) is 4.90 Å². The number of likely N-dealkylation sites (N-methyl/N-ethyl adjacent to an activating group) is 1. The molecule has 106 valence electrons. The minimum Gasteiger partial charge on any atom is -0.480 e. The summed E-state index contributed by atoms with van der Waals surface area (Å²) in [6, 6.07) is 5.71. The molecule has 0 heterocycles. The molecule has 0 spiro atoms. The van der Waals surface area contributed by atoms with Crippen molar-refractivity contribution in [1.29, 1.82) is 5.26 Å². The molecule has 0 aliphatic heterocycles. The van der Waals surface area contributed by atoms with E-state index in [1.165, 1.54) is 39.1 Å². The van der Waals surface area contributed by atoms with Gasteiger partial charge in [-0.3, -0.25) is 0 Å². The molecule has 0 aliphatic carbocycles. The largest absolute Gasteiger partial charge is 0.480 e. The second kappa shape index (κ2) is 5.80. The molecule has 0 bridgehead atoms. The molecule has 0 saturated carbocycles. The van der Waals surface area contributed by atoms with Gasteiger partial charge in [-0.2, -0.15) is 5.26 Å². The van der Waals surface area contributed by atoms with Gasteiger partial charge in [-0.25, -0.2) is 9.59 Å². The highest BCUT2D eigenvalue weighted by Gasteiger charge is 2.35. The lowest BCUT2D eigenvalue weighted by atomic mass is 10.0. The average molecular weight is 296 g/mol. The number of nitrogens with zero attached hydrogens (tertiary/aromatic N) is 2. The van der Waals surface area contributed by atoms with Crippen molar-refractivity contribution < 1.29 is 14.7 Å². The molecule has 2 amide bonds. The third-order valence-electron chi connectivity index (χ3n) is 3.01. The van der Waals surface area contributed by atoms with Gasteiger partial charge in [0.2, 0.25) is 0 Å². The van der Waals surface area contributed by atoms with E-state index in [1.807, 2.05) is 6.07 Å². The normalized spacial score (nSPS) is 10.6. The van der Waals surface area contributed by atoms with Crippen molar-refractivity contribution in [3.05, 3.63) is 28.8 Å². The second-order valence-corrected chi connectivity index (χ2v) is 5.09. The number of rotatable bonds is 3. The van der Waals surface area contributed by atoms with Gasteiger partial charge in [-0.15, -0.1) is 0 Å². The Bertz CT molecular complexity index is 593. The van der Waals surface area contributed by atoms with E-state index in [0.717, 1.165) is 4.90 Å². The first-order valence-electron chi connectivity index (χ1n) is 5.68. The highest BCUT2D eigenvalue weighted by Crippen LogP contribution is 2.22. The van der Waals surface area contributed by atoms with Crippen LogP contribution in [-0.2, 0) is 4.79 Å². The molecular formula is C13H14ClN3O3. The topological polar surface area (TPSA) is 93.4 Å². The van der Waals surface area contributed by atoms with Crippen LogP contribution in [0.4, 0.5) is 10.5 Å². The van der Waals surface area contributed by atoms with Crippen LogP contribution in [0.5, 0.6) is 0 Å². The van der Waals surface area contributed by atoms with Gasteiger partial charge in [0.15, 0.2) is 0 Å². The van der Waals surface area contributed by atoms with Crippen molar-refractivity contribution in [3.8, 4) is 6.07 Å². The fraction of sp³-hybridized carbons (Fsp3) is 0.308. The summed E-state index contributed by atoms with van der Waals surface area (Å²) < 4.78 is 0. The third-order valence-corrected chi connectivity index (χ3v) is 3.25. The molecule has 6 nitrogen and oxygen atoms in total. The number of hydrogen-bond donors (Lipinski definition) is 2. The Labute approximate surface area is 121 Å². The first-order chi connectivity index (χ1) is 9.20. The maximum atomic E-state index is 12.0. The monoisotopic (exact) mass is 295 g/mol. The number of carbonyl (C=O) groups excluding carboxylic acids is 1. The van der Waals surface area contributed by atoms with E-state index in [4.69, 9.17) is 22.0 Å². The minimum atomic E-state index is -1.38. The van der Waals surface area contributed by atoms with Crippen LogP contribution < -0.4 is 5.32 Å². The molecule has 0 aliphatic rings. The predicted molar refractivity (Wildman–Crippen MR) is 74.7 cm³/mol. The van der Waals surface area contributed by atoms with Crippen LogP contribution in [-0.4, -0.2) is 34.6 Å². The van der Waals surface area contributed by atoms with Gasteiger partial charge in [-0.1, -0.05) is 11.6 Å². The van der Waals surface area contributed by atoms with Crippen molar-refractivity contribution in [3.63, 3.8) is 0 Å². The van der Waals surface area contributed by atoms with Gasteiger partial charge in [0.1, 0.15) is 11.6 Å². The van der Waals surface area contributed by atoms with E-state index in [1.54, 1.807) is 0 Å². The van der Waals surface area contributed by atoms with Gasteiger partial charge < -0.3 is 15.3 Å². The summed E-state index contributed by atoms with van der Waals surface area (Å²) in [5, 5.41) is 20.9. The second-order valence-electron chi connectivity index (χ2n) is 4.66. The molecule has 1 aromatic rings. The Balaban J connectivity index is 3.00. The third kappa shape index (κ3) is 3.19. The standard InChI is InChI=1S/C13H14ClN3O3/c1-13(2,11(18)19)17(3)12(20)16-10-6-9(14)5-4-8(10)7-15/h4-6H,1-3H3,(H,16,20)(H,18,19). The van der Waals surface area contributed by atoms with E-state index >= 15 is 0 Å². The fourth-order valence-electron chi connectivity index (χ4n) is 1.31. The van der Waals surface area contributed by atoms with Crippen LogP contribution in [0.1, 0.15) is 19.4 Å².